The molecule has 3 aromatic rings. The summed E-state index contributed by atoms with van der Waals surface area (Å²) in [4.78, 5) is 21.4. The van der Waals surface area contributed by atoms with Gasteiger partial charge in [-0.1, -0.05) is 18.2 Å². The fourth-order valence-corrected chi connectivity index (χ4v) is 4.41. The first-order valence-corrected chi connectivity index (χ1v) is 11.4. The molecular formula is C27H31FN4O. The maximum atomic E-state index is 13.1. The summed E-state index contributed by atoms with van der Waals surface area (Å²) < 4.78 is 13.1. The Labute approximate surface area is 195 Å². The number of hydrogen-bond acceptors (Lipinski definition) is 4. The lowest BCUT2D eigenvalue weighted by molar-refractivity contribution is -0.117. The van der Waals surface area contributed by atoms with Crippen LogP contribution in [0.3, 0.4) is 0 Å². The van der Waals surface area contributed by atoms with Gasteiger partial charge in [-0.05, 0) is 67.4 Å². The van der Waals surface area contributed by atoms with Gasteiger partial charge in [-0.15, -0.1) is 0 Å². The Morgan fingerprint density at radius 2 is 1.64 bits per heavy atom. The minimum Gasteiger partial charge on any atom is -0.315 e. The summed E-state index contributed by atoms with van der Waals surface area (Å²) in [7, 11) is 1.80. The van der Waals surface area contributed by atoms with Crippen LogP contribution in [0.5, 0.6) is 0 Å². The maximum absolute atomic E-state index is 13.1. The zero-order chi connectivity index (χ0) is 23.4. The van der Waals surface area contributed by atoms with Gasteiger partial charge in [0.1, 0.15) is 5.82 Å². The highest BCUT2D eigenvalue weighted by molar-refractivity contribution is 5.94. The highest BCUT2D eigenvalue weighted by atomic mass is 19.1. The van der Waals surface area contributed by atoms with Crippen LogP contribution in [0, 0.1) is 5.82 Å². The van der Waals surface area contributed by atoms with E-state index >= 15 is 0 Å². The predicted octanol–water partition coefficient (Wildman–Crippen LogP) is 4.28. The Bertz CT molecular complexity index is 1060. The van der Waals surface area contributed by atoms with Gasteiger partial charge in [0.2, 0.25) is 5.91 Å². The summed E-state index contributed by atoms with van der Waals surface area (Å²) >= 11 is 0. The molecule has 1 aliphatic rings. The Morgan fingerprint density at radius 1 is 1.00 bits per heavy atom. The van der Waals surface area contributed by atoms with E-state index in [1.54, 1.807) is 30.3 Å². The number of carbonyl (C=O) groups excluding carboxylic acids is 1. The zero-order valence-corrected chi connectivity index (χ0v) is 19.5. The van der Waals surface area contributed by atoms with Crippen molar-refractivity contribution < 1.29 is 9.18 Å². The topological polar surface area (TPSA) is 48.5 Å². The molecule has 172 valence electrons. The van der Waals surface area contributed by atoms with Crippen LogP contribution in [0.25, 0.3) is 11.3 Å². The number of nitrogens with zero attached hydrogens (tertiary/aromatic N) is 3. The van der Waals surface area contributed by atoms with Crippen LogP contribution < -0.4 is 10.2 Å². The normalized spacial score (nSPS) is 18.8. The monoisotopic (exact) mass is 446 g/mol. The van der Waals surface area contributed by atoms with Crippen LogP contribution in [0.2, 0.25) is 0 Å². The number of hydrogen-bond donors (Lipinski definition) is 1. The van der Waals surface area contributed by atoms with Crippen LogP contribution in [0.15, 0.2) is 66.9 Å². The molecule has 6 heteroatoms. The van der Waals surface area contributed by atoms with Crippen molar-refractivity contribution in [2.24, 2.45) is 0 Å². The Balaban J connectivity index is 1.34. The van der Waals surface area contributed by atoms with E-state index in [1.165, 1.54) is 17.7 Å². The van der Waals surface area contributed by atoms with E-state index in [-0.39, 0.29) is 18.1 Å². The highest BCUT2D eigenvalue weighted by Crippen LogP contribution is 2.20. The molecule has 2 aromatic carbocycles. The number of nitrogens with one attached hydrogen (secondary N) is 1. The number of likely N-dealkylation sites (N-methyl/N-ethyl adjacent to an activating group) is 1. The number of amides is 1. The van der Waals surface area contributed by atoms with Gasteiger partial charge in [0.05, 0.1) is 12.1 Å². The van der Waals surface area contributed by atoms with E-state index in [0.717, 1.165) is 42.1 Å². The van der Waals surface area contributed by atoms with Gasteiger partial charge < -0.3 is 10.2 Å². The lowest BCUT2D eigenvalue weighted by Gasteiger charge is -2.36. The standard InChI is InChI=1S/C27H31FN4O/c1-19-16-32(17-20(2)30-19)18-21-4-11-25(12-5-21)31(3)27(33)14-22-6-13-26(29-15-22)23-7-9-24(28)10-8-23/h4-13,15,19-20,30H,14,16-18H2,1-3H3/t19-,20+. The molecule has 1 N–H and O–H groups in total. The quantitative estimate of drug-likeness (QED) is 0.614. The Hall–Kier alpha value is -3.09. The van der Waals surface area contributed by atoms with Gasteiger partial charge in [0.25, 0.3) is 0 Å². The van der Waals surface area contributed by atoms with Crippen LogP contribution >= 0.6 is 0 Å². The molecule has 33 heavy (non-hydrogen) atoms. The molecule has 5 nitrogen and oxygen atoms in total. The molecular weight excluding hydrogens is 415 g/mol. The second-order valence-electron chi connectivity index (χ2n) is 9.02. The van der Waals surface area contributed by atoms with Crippen LogP contribution in [-0.2, 0) is 17.8 Å². The molecule has 2 heterocycles. The molecule has 0 aliphatic carbocycles. The van der Waals surface area contributed by atoms with Gasteiger partial charge in [0, 0.05) is 56.2 Å². The van der Waals surface area contributed by atoms with E-state index in [9.17, 15) is 9.18 Å². The van der Waals surface area contributed by atoms with Gasteiger partial charge in [-0.3, -0.25) is 14.7 Å². The summed E-state index contributed by atoms with van der Waals surface area (Å²) in [6, 6.07) is 19.2. The highest BCUT2D eigenvalue weighted by Gasteiger charge is 2.21. The van der Waals surface area contributed by atoms with Crippen molar-refractivity contribution in [2.75, 3.05) is 25.0 Å². The van der Waals surface area contributed by atoms with E-state index in [1.807, 2.05) is 24.3 Å². The number of benzene rings is 2. The molecule has 0 spiro atoms. The lowest BCUT2D eigenvalue weighted by atomic mass is 10.1. The Kier molecular flexibility index (Phi) is 7.16. The van der Waals surface area contributed by atoms with Gasteiger partial charge in [-0.2, -0.15) is 0 Å². The molecule has 0 unspecified atom stereocenters. The van der Waals surface area contributed by atoms with Crippen molar-refractivity contribution in [2.45, 2.75) is 38.9 Å². The maximum Gasteiger partial charge on any atom is 0.231 e. The fraction of sp³-hybridized carbons (Fsp3) is 0.333. The lowest BCUT2D eigenvalue weighted by Crippen LogP contribution is -2.53. The average Bonchev–Trinajstić information content (AvgIpc) is 2.79. The third kappa shape index (κ3) is 6.03. The molecule has 4 rings (SSSR count). The van der Waals surface area contributed by atoms with Gasteiger partial charge in [-0.25, -0.2) is 4.39 Å². The predicted molar refractivity (Wildman–Crippen MR) is 131 cm³/mol. The number of pyridine rings is 1. The molecule has 1 aromatic heterocycles. The smallest absolute Gasteiger partial charge is 0.231 e. The molecule has 0 radical (unpaired) electrons. The molecule has 0 saturated carbocycles. The molecule has 1 saturated heterocycles. The minimum absolute atomic E-state index is 0.00355. The SMILES string of the molecule is C[C@@H]1CN(Cc2ccc(N(C)C(=O)Cc3ccc(-c4ccc(F)cc4)nc3)cc2)C[C@H](C)N1. The first-order chi connectivity index (χ1) is 15.9. The van der Waals surface area contributed by atoms with Crippen LogP contribution in [0.4, 0.5) is 10.1 Å². The zero-order valence-electron chi connectivity index (χ0n) is 19.5. The van der Waals surface area contributed by atoms with E-state index in [2.05, 4.69) is 41.2 Å². The molecule has 1 fully saturated rings. The third-order valence-corrected chi connectivity index (χ3v) is 6.06. The summed E-state index contributed by atoms with van der Waals surface area (Å²) in [5.41, 5.74) is 4.57. The summed E-state index contributed by atoms with van der Waals surface area (Å²) in [6.07, 6.45) is 1.98. The first kappa shape index (κ1) is 23.1. The third-order valence-electron chi connectivity index (χ3n) is 6.06. The van der Waals surface area contributed by atoms with Gasteiger partial charge in [0.15, 0.2) is 0 Å². The van der Waals surface area contributed by atoms with Crippen molar-refractivity contribution >= 4 is 11.6 Å². The molecule has 0 bridgehead atoms. The average molecular weight is 447 g/mol. The van der Waals surface area contributed by atoms with Crippen molar-refractivity contribution in [1.82, 2.24) is 15.2 Å². The van der Waals surface area contributed by atoms with Crippen LogP contribution in [0.1, 0.15) is 25.0 Å². The molecule has 1 aliphatic heterocycles. The van der Waals surface area contributed by atoms with E-state index in [4.69, 9.17) is 0 Å². The number of halogens is 1. The number of aromatic nitrogens is 1. The van der Waals surface area contributed by atoms with E-state index < -0.39 is 0 Å². The number of anilines is 1. The van der Waals surface area contributed by atoms with Crippen molar-refractivity contribution in [3.05, 3.63) is 83.8 Å². The van der Waals surface area contributed by atoms with Gasteiger partial charge >= 0.3 is 0 Å². The largest absolute Gasteiger partial charge is 0.315 e. The molecule has 1 amide bonds. The summed E-state index contributed by atoms with van der Waals surface area (Å²) in [5, 5.41) is 3.56. The summed E-state index contributed by atoms with van der Waals surface area (Å²) in [5.74, 6) is -0.270. The second-order valence-corrected chi connectivity index (χ2v) is 9.02. The second kappa shape index (κ2) is 10.2. The van der Waals surface area contributed by atoms with Crippen LogP contribution in [-0.4, -0.2) is 48.0 Å². The number of carbonyl (C=O) groups is 1. The first-order valence-electron chi connectivity index (χ1n) is 11.4. The fourth-order valence-electron chi connectivity index (χ4n) is 4.41. The van der Waals surface area contributed by atoms with E-state index in [0.29, 0.717) is 12.1 Å². The van der Waals surface area contributed by atoms with Crippen molar-refractivity contribution in [3.8, 4) is 11.3 Å². The van der Waals surface area contributed by atoms with Crippen molar-refractivity contribution in [3.63, 3.8) is 0 Å². The minimum atomic E-state index is -0.273. The number of piperazine rings is 1. The molecule has 2 atom stereocenters. The van der Waals surface area contributed by atoms with Crippen molar-refractivity contribution in [1.29, 1.82) is 0 Å². The number of rotatable bonds is 6. The Morgan fingerprint density at radius 3 is 2.24 bits per heavy atom. The summed E-state index contributed by atoms with van der Waals surface area (Å²) in [6.45, 7) is 7.44.